The molecule has 2 N–H and O–H groups in total. The van der Waals surface area contributed by atoms with Gasteiger partial charge in [-0.1, -0.05) is 44.2 Å². The van der Waals surface area contributed by atoms with Gasteiger partial charge in [-0.25, -0.2) is 0 Å². The van der Waals surface area contributed by atoms with Crippen LogP contribution in [0, 0.1) is 12.8 Å². The highest BCUT2D eigenvalue weighted by atomic mass is 16.2. The summed E-state index contributed by atoms with van der Waals surface area (Å²) in [5, 5.41) is 5.81. The summed E-state index contributed by atoms with van der Waals surface area (Å²) >= 11 is 0. The van der Waals surface area contributed by atoms with Crippen molar-refractivity contribution in [3.05, 3.63) is 65.2 Å². The molecule has 0 saturated carbocycles. The molecular weight excluding hydrogens is 414 g/mol. The molecule has 3 rings (SSSR count). The van der Waals surface area contributed by atoms with E-state index in [-0.39, 0.29) is 29.7 Å². The molecule has 1 aliphatic rings. The molecular formula is C27H35N3O3. The first-order valence-electron chi connectivity index (χ1n) is 11.8. The molecule has 0 aliphatic carbocycles. The molecule has 2 aromatic carbocycles. The third kappa shape index (κ3) is 6.44. The first kappa shape index (κ1) is 24.5. The molecule has 3 amide bonds. The Morgan fingerprint density at radius 3 is 2.42 bits per heavy atom. The lowest BCUT2D eigenvalue weighted by Gasteiger charge is -2.33. The van der Waals surface area contributed by atoms with Crippen LogP contribution in [-0.4, -0.2) is 35.2 Å². The number of carbonyl (C=O) groups is 3. The standard InChI is InChI=1S/C27H35N3O3/c1-18(2)16-24(31)29-25(21-11-6-5-7-12-21)26(32)28-23-14-13-22(17-19(23)3)27(33)30-15-9-8-10-20(30)4/h5-7,11-14,17-18,20,25H,8-10,15-16H2,1-4H3,(H,28,32)(H,29,31). The Bertz CT molecular complexity index is 987. The van der Waals surface area contributed by atoms with Gasteiger partial charge in [-0.2, -0.15) is 0 Å². The molecule has 33 heavy (non-hydrogen) atoms. The Labute approximate surface area is 196 Å². The number of hydrogen-bond donors (Lipinski definition) is 2. The van der Waals surface area contributed by atoms with Crippen molar-refractivity contribution in [2.75, 3.05) is 11.9 Å². The normalized spacial score (nSPS) is 16.9. The Balaban J connectivity index is 1.76. The number of rotatable bonds is 7. The van der Waals surface area contributed by atoms with Crippen molar-refractivity contribution >= 4 is 23.4 Å². The van der Waals surface area contributed by atoms with Gasteiger partial charge in [0, 0.05) is 30.3 Å². The molecule has 2 atom stereocenters. The van der Waals surface area contributed by atoms with Gasteiger partial charge in [-0.3, -0.25) is 14.4 Å². The average Bonchev–Trinajstić information content (AvgIpc) is 2.78. The van der Waals surface area contributed by atoms with Crippen molar-refractivity contribution in [2.24, 2.45) is 5.92 Å². The fraction of sp³-hybridized carbons (Fsp3) is 0.444. The van der Waals surface area contributed by atoms with E-state index in [0.29, 0.717) is 17.7 Å². The van der Waals surface area contributed by atoms with Crippen LogP contribution in [0.1, 0.15) is 74.0 Å². The lowest BCUT2D eigenvalue weighted by atomic mass is 10.0. The van der Waals surface area contributed by atoms with Crippen molar-refractivity contribution in [1.29, 1.82) is 0 Å². The molecule has 2 unspecified atom stereocenters. The first-order chi connectivity index (χ1) is 15.8. The molecule has 1 heterocycles. The maximum absolute atomic E-state index is 13.2. The summed E-state index contributed by atoms with van der Waals surface area (Å²) in [5.41, 5.74) is 2.78. The van der Waals surface area contributed by atoms with E-state index in [0.717, 1.165) is 36.9 Å². The summed E-state index contributed by atoms with van der Waals surface area (Å²) in [6.07, 6.45) is 3.57. The fourth-order valence-corrected chi connectivity index (χ4v) is 4.24. The number of nitrogens with zero attached hydrogens (tertiary/aromatic N) is 1. The van der Waals surface area contributed by atoms with E-state index in [1.165, 1.54) is 0 Å². The van der Waals surface area contributed by atoms with Gasteiger partial charge in [-0.05, 0) is 68.4 Å². The fourth-order valence-electron chi connectivity index (χ4n) is 4.24. The lowest BCUT2D eigenvalue weighted by Crippen LogP contribution is -2.42. The van der Waals surface area contributed by atoms with Crippen molar-refractivity contribution in [3.63, 3.8) is 0 Å². The lowest BCUT2D eigenvalue weighted by molar-refractivity contribution is -0.127. The largest absolute Gasteiger partial charge is 0.341 e. The highest BCUT2D eigenvalue weighted by molar-refractivity contribution is 6.00. The molecule has 0 bridgehead atoms. The molecule has 6 heteroatoms. The summed E-state index contributed by atoms with van der Waals surface area (Å²) in [6, 6.07) is 14.0. The number of hydrogen-bond acceptors (Lipinski definition) is 3. The van der Waals surface area contributed by atoms with Gasteiger partial charge >= 0.3 is 0 Å². The summed E-state index contributed by atoms with van der Waals surface area (Å²) in [7, 11) is 0. The smallest absolute Gasteiger partial charge is 0.254 e. The number of amides is 3. The van der Waals surface area contributed by atoms with E-state index >= 15 is 0 Å². The number of likely N-dealkylation sites (tertiary alicyclic amines) is 1. The molecule has 1 saturated heterocycles. The van der Waals surface area contributed by atoms with Crippen LogP contribution in [0.3, 0.4) is 0 Å². The molecule has 176 valence electrons. The number of nitrogens with one attached hydrogen (secondary N) is 2. The highest BCUT2D eigenvalue weighted by Crippen LogP contribution is 2.24. The SMILES string of the molecule is Cc1cc(C(=O)N2CCCCC2C)ccc1NC(=O)C(NC(=O)CC(C)C)c1ccccc1. The number of benzene rings is 2. The van der Waals surface area contributed by atoms with Crippen LogP contribution in [0.15, 0.2) is 48.5 Å². The maximum atomic E-state index is 13.2. The molecule has 6 nitrogen and oxygen atoms in total. The zero-order valence-electron chi connectivity index (χ0n) is 20.1. The molecule has 1 aliphatic heterocycles. The van der Waals surface area contributed by atoms with Crippen LogP contribution in [-0.2, 0) is 9.59 Å². The van der Waals surface area contributed by atoms with Crippen LogP contribution < -0.4 is 10.6 Å². The van der Waals surface area contributed by atoms with Crippen LogP contribution in [0.25, 0.3) is 0 Å². The minimum absolute atomic E-state index is 0.0336. The van der Waals surface area contributed by atoms with Gasteiger partial charge < -0.3 is 15.5 Å². The minimum Gasteiger partial charge on any atom is -0.341 e. The van der Waals surface area contributed by atoms with Crippen molar-refractivity contribution < 1.29 is 14.4 Å². The van der Waals surface area contributed by atoms with Gasteiger partial charge in [0.1, 0.15) is 6.04 Å². The number of anilines is 1. The van der Waals surface area contributed by atoms with Crippen LogP contribution in [0.2, 0.25) is 0 Å². The van der Waals surface area contributed by atoms with E-state index in [9.17, 15) is 14.4 Å². The number of aryl methyl sites for hydroxylation is 1. The Morgan fingerprint density at radius 1 is 1.06 bits per heavy atom. The number of piperidine rings is 1. The molecule has 2 aromatic rings. The second kappa shape index (κ2) is 11.1. The van der Waals surface area contributed by atoms with E-state index in [1.54, 1.807) is 12.1 Å². The van der Waals surface area contributed by atoms with Gasteiger partial charge in [0.2, 0.25) is 5.91 Å². The van der Waals surface area contributed by atoms with Gasteiger partial charge in [-0.15, -0.1) is 0 Å². The molecule has 1 fully saturated rings. The Morgan fingerprint density at radius 2 is 1.79 bits per heavy atom. The predicted molar refractivity (Wildman–Crippen MR) is 131 cm³/mol. The van der Waals surface area contributed by atoms with E-state index < -0.39 is 6.04 Å². The summed E-state index contributed by atoms with van der Waals surface area (Å²) < 4.78 is 0. The van der Waals surface area contributed by atoms with Crippen LogP contribution >= 0.6 is 0 Å². The van der Waals surface area contributed by atoms with Crippen LogP contribution in [0.5, 0.6) is 0 Å². The molecule has 0 aromatic heterocycles. The van der Waals surface area contributed by atoms with Crippen molar-refractivity contribution in [2.45, 2.75) is 65.5 Å². The van der Waals surface area contributed by atoms with E-state index in [2.05, 4.69) is 17.6 Å². The van der Waals surface area contributed by atoms with E-state index in [1.807, 2.05) is 62.1 Å². The second-order valence-electron chi connectivity index (χ2n) is 9.37. The predicted octanol–water partition coefficient (Wildman–Crippen LogP) is 4.85. The molecule has 0 spiro atoms. The van der Waals surface area contributed by atoms with E-state index in [4.69, 9.17) is 0 Å². The average molecular weight is 450 g/mol. The Hall–Kier alpha value is -3.15. The monoisotopic (exact) mass is 449 g/mol. The highest BCUT2D eigenvalue weighted by Gasteiger charge is 2.26. The third-order valence-electron chi connectivity index (χ3n) is 6.09. The van der Waals surface area contributed by atoms with Gasteiger partial charge in [0.15, 0.2) is 0 Å². The summed E-state index contributed by atoms with van der Waals surface area (Å²) in [5.74, 6) is -0.252. The topological polar surface area (TPSA) is 78.5 Å². The zero-order valence-corrected chi connectivity index (χ0v) is 20.1. The van der Waals surface area contributed by atoms with Gasteiger partial charge in [0.25, 0.3) is 11.8 Å². The minimum atomic E-state index is -0.799. The summed E-state index contributed by atoms with van der Waals surface area (Å²) in [4.78, 5) is 40.5. The van der Waals surface area contributed by atoms with Gasteiger partial charge in [0.05, 0.1) is 0 Å². The number of carbonyl (C=O) groups excluding carboxylic acids is 3. The Kier molecular flexibility index (Phi) is 8.26. The second-order valence-corrected chi connectivity index (χ2v) is 9.37. The quantitative estimate of drug-likeness (QED) is 0.634. The van der Waals surface area contributed by atoms with Crippen LogP contribution in [0.4, 0.5) is 5.69 Å². The third-order valence-corrected chi connectivity index (χ3v) is 6.09. The maximum Gasteiger partial charge on any atom is 0.254 e. The molecule has 0 radical (unpaired) electrons. The first-order valence-corrected chi connectivity index (χ1v) is 11.8. The zero-order chi connectivity index (χ0) is 24.0. The summed E-state index contributed by atoms with van der Waals surface area (Å²) in [6.45, 7) is 8.69. The van der Waals surface area contributed by atoms with Crippen molar-refractivity contribution in [1.82, 2.24) is 10.2 Å². The van der Waals surface area contributed by atoms with Crippen molar-refractivity contribution in [3.8, 4) is 0 Å².